The van der Waals surface area contributed by atoms with Crippen molar-refractivity contribution in [3.63, 3.8) is 0 Å². The van der Waals surface area contributed by atoms with Crippen molar-refractivity contribution < 1.29 is 22.8 Å². The normalized spacial score (nSPS) is 18.1. The van der Waals surface area contributed by atoms with Crippen molar-refractivity contribution in [3.8, 4) is 0 Å². The Morgan fingerprint density at radius 1 is 1.27 bits per heavy atom. The van der Waals surface area contributed by atoms with Crippen LogP contribution in [0.15, 0.2) is 41.8 Å². The van der Waals surface area contributed by atoms with Gasteiger partial charge in [0.05, 0.1) is 22.4 Å². The maximum Gasteiger partial charge on any atom is 0.416 e. The van der Waals surface area contributed by atoms with Crippen molar-refractivity contribution in [2.24, 2.45) is 5.92 Å². The molecule has 4 nitrogen and oxygen atoms in total. The van der Waals surface area contributed by atoms with E-state index in [0.717, 1.165) is 25.0 Å². The van der Waals surface area contributed by atoms with Gasteiger partial charge in [-0.3, -0.25) is 9.59 Å². The molecule has 1 saturated heterocycles. The highest BCUT2D eigenvalue weighted by Gasteiger charge is 2.32. The molecule has 1 aliphatic heterocycles. The predicted octanol–water partition coefficient (Wildman–Crippen LogP) is 5.28. The number of halogens is 3. The Kier molecular flexibility index (Phi) is 7.18. The van der Waals surface area contributed by atoms with Gasteiger partial charge < -0.3 is 10.2 Å². The molecule has 162 valence electrons. The predicted molar refractivity (Wildman–Crippen MR) is 110 cm³/mol. The molecule has 1 aromatic heterocycles. The quantitative estimate of drug-likeness (QED) is 0.667. The molecule has 1 aromatic carbocycles. The lowest BCUT2D eigenvalue weighted by atomic mass is 9.94. The molecule has 1 aliphatic rings. The van der Waals surface area contributed by atoms with Crippen LogP contribution in [0.25, 0.3) is 0 Å². The van der Waals surface area contributed by atoms with Crippen molar-refractivity contribution >= 4 is 23.2 Å². The van der Waals surface area contributed by atoms with E-state index in [9.17, 15) is 22.8 Å². The van der Waals surface area contributed by atoms with Crippen LogP contribution < -0.4 is 5.32 Å². The summed E-state index contributed by atoms with van der Waals surface area (Å²) in [6.45, 7) is 2.85. The minimum atomic E-state index is -4.43. The number of hydrogen-bond donors (Lipinski definition) is 1. The van der Waals surface area contributed by atoms with Crippen LogP contribution in [0.3, 0.4) is 0 Å². The molecular weight excluding hydrogens is 413 g/mol. The fraction of sp³-hybridized carbons (Fsp3) is 0.455. The topological polar surface area (TPSA) is 49.4 Å². The van der Waals surface area contributed by atoms with Crippen LogP contribution in [0, 0.1) is 5.92 Å². The van der Waals surface area contributed by atoms with Gasteiger partial charge in [-0.05, 0) is 48.4 Å². The zero-order chi connectivity index (χ0) is 21.7. The number of alkyl halides is 3. The number of benzene rings is 1. The molecule has 2 aromatic rings. The number of thiophene rings is 1. The zero-order valence-corrected chi connectivity index (χ0v) is 17.6. The summed E-state index contributed by atoms with van der Waals surface area (Å²) in [4.78, 5) is 27.9. The molecule has 0 radical (unpaired) electrons. The van der Waals surface area contributed by atoms with E-state index in [1.54, 1.807) is 17.0 Å². The Hall–Kier alpha value is -2.35. The van der Waals surface area contributed by atoms with Gasteiger partial charge >= 0.3 is 6.18 Å². The van der Waals surface area contributed by atoms with Crippen LogP contribution in [0.1, 0.15) is 59.4 Å². The van der Waals surface area contributed by atoms with E-state index in [-0.39, 0.29) is 17.7 Å². The highest BCUT2D eigenvalue weighted by Crippen LogP contribution is 2.32. The molecule has 3 rings (SSSR count). The van der Waals surface area contributed by atoms with E-state index in [4.69, 9.17) is 0 Å². The van der Waals surface area contributed by atoms with E-state index in [0.29, 0.717) is 36.4 Å². The molecule has 2 atom stereocenters. The fourth-order valence-corrected chi connectivity index (χ4v) is 4.45. The molecule has 0 bridgehead atoms. The van der Waals surface area contributed by atoms with Gasteiger partial charge in [0.1, 0.15) is 0 Å². The van der Waals surface area contributed by atoms with Crippen LogP contribution in [0.4, 0.5) is 13.2 Å². The van der Waals surface area contributed by atoms with Crippen molar-refractivity contribution in [2.45, 2.75) is 44.8 Å². The van der Waals surface area contributed by atoms with E-state index in [2.05, 4.69) is 5.32 Å². The molecule has 0 saturated carbocycles. The number of nitrogens with one attached hydrogen (secondary N) is 1. The summed E-state index contributed by atoms with van der Waals surface area (Å²) in [6.07, 6.45) is -1.80. The Balaban J connectivity index is 1.70. The molecule has 2 amide bonds. The van der Waals surface area contributed by atoms with Gasteiger partial charge in [-0.15, -0.1) is 11.3 Å². The largest absolute Gasteiger partial charge is 0.416 e. The van der Waals surface area contributed by atoms with Crippen molar-refractivity contribution in [3.05, 3.63) is 57.8 Å². The van der Waals surface area contributed by atoms with Crippen LogP contribution in [-0.2, 0) is 11.0 Å². The van der Waals surface area contributed by atoms with E-state index in [1.807, 2.05) is 18.4 Å². The van der Waals surface area contributed by atoms with Crippen LogP contribution in [0.5, 0.6) is 0 Å². The highest BCUT2D eigenvalue weighted by atomic mass is 32.1. The second-order valence-electron chi connectivity index (χ2n) is 7.54. The highest BCUT2D eigenvalue weighted by molar-refractivity contribution is 7.12. The number of hydrogen-bond acceptors (Lipinski definition) is 3. The third-order valence-electron chi connectivity index (χ3n) is 5.32. The van der Waals surface area contributed by atoms with Gasteiger partial charge in [-0.1, -0.05) is 31.5 Å². The standard InChI is InChI=1S/C22H25F3N2O2S/c1-2-6-18(15-7-3-9-17(13-15)22(23,24)25)26-20(28)16-8-4-11-27(14-16)21(29)19-10-5-12-30-19/h3,5,7,9-10,12-13,16,18H,2,4,6,8,11,14H2,1H3,(H,26,28). The van der Waals surface area contributed by atoms with Crippen LogP contribution >= 0.6 is 11.3 Å². The number of carbonyl (C=O) groups excluding carboxylic acids is 2. The molecule has 0 spiro atoms. The Morgan fingerprint density at radius 3 is 2.73 bits per heavy atom. The summed E-state index contributed by atoms with van der Waals surface area (Å²) in [5.74, 6) is -0.659. The lowest BCUT2D eigenvalue weighted by Crippen LogP contribution is -2.46. The number of nitrogens with zero attached hydrogens (tertiary/aromatic N) is 1. The number of amides is 2. The maximum absolute atomic E-state index is 13.1. The molecule has 1 fully saturated rings. The number of carbonyl (C=O) groups is 2. The SMILES string of the molecule is CCCC(NC(=O)C1CCCN(C(=O)c2cccs2)C1)c1cccc(C(F)(F)F)c1. The van der Waals surface area contributed by atoms with Gasteiger partial charge in [0.25, 0.3) is 5.91 Å². The first kappa shape index (κ1) is 22.3. The smallest absolute Gasteiger partial charge is 0.349 e. The molecule has 1 N–H and O–H groups in total. The summed E-state index contributed by atoms with van der Waals surface area (Å²) in [7, 11) is 0. The molecule has 0 aliphatic carbocycles. The molecule has 2 heterocycles. The van der Waals surface area contributed by atoms with Crippen molar-refractivity contribution in [2.75, 3.05) is 13.1 Å². The van der Waals surface area contributed by atoms with E-state index in [1.165, 1.54) is 17.4 Å². The average Bonchev–Trinajstić information content (AvgIpc) is 3.27. The summed E-state index contributed by atoms with van der Waals surface area (Å²) < 4.78 is 39.2. The van der Waals surface area contributed by atoms with Gasteiger partial charge in [-0.25, -0.2) is 0 Å². The number of rotatable bonds is 6. The van der Waals surface area contributed by atoms with Crippen LogP contribution in [0.2, 0.25) is 0 Å². The molecular formula is C22H25F3N2O2S. The average molecular weight is 439 g/mol. The van der Waals surface area contributed by atoms with E-state index < -0.39 is 17.8 Å². The minimum absolute atomic E-state index is 0.0783. The van der Waals surface area contributed by atoms with Crippen molar-refractivity contribution in [1.82, 2.24) is 10.2 Å². The lowest BCUT2D eigenvalue weighted by Gasteiger charge is -2.33. The number of likely N-dealkylation sites (tertiary alicyclic amines) is 1. The molecule has 30 heavy (non-hydrogen) atoms. The molecule has 8 heteroatoms. The lowest BCUT2D eigenvalue weighted by molar-refractivity contribution is -0.137. The summed E-state index contributed by atoms with van der Waals surface area (Å²) >= 11 is 1.37. The summed E-state index contributed by atoms with van der Waals surface area (Å²) in [5.41, 5.74) is -0.275. The second kappa shape index (κ2) is 9.64. The fourth-order valence-electron chi connectivity index (χ4n) is 3.76. The summed E-state index contributed by atoms with van der Waals surface area (Å²) in [5, 5.41) is 4.77. The monoisotopic (exact) mass is 438 g/mol. The molecule has 2 unspecified atom stereocenters. The number of piperidine rings is 1. The first-order valence-electron chi connectivity index (χ1n) is 10.1. The van der Waals surface area contributed by atoms with Crippen molar-refractivity contribution in [1.29, 1.82) is 0 Å². The maximum atomic E-state index is 13.1. The zero-order valence-electron chi connectivity index (χ0n) is 16.7. The minimum Gasteiger partial charge on any atom is -0.349 e. The van der Waals surface area contributed by atoms with Gasteiger partial charge in [0, 0.05) is 13.1 Å². The van der Waals surface area contributed by atoms with Crippen LogP contribution in [-0.4, -0.2) is 29.8 Å². The summed E-state index contributed by atoms with van der Waals surface area (Å²) in [6, 6.07) is 8.21. The second-order valence-corrected chi connectivity index (χ2v) is 8.49. The third-order valence-corrected chi connectivity index (χ3v) is 6.18. The Labute approximate surface area is 178 Å². The van der Waals surface area contributed by atoms with E-state index >= 15 is 0 Å². The van der Waals surface area contributed by atoms with Gasteiger partial charge in [0.2, 0.25) is 5.91 Å². The van der Waals surface area contributed by atoms with Gasteiger partial charge in [0.15, 0.2) is 0 Å². The Bertz CT molecular complexity index is 868. The Morgan fingerprint density at radius 2 is 2.07 bits per heavy atom. The first-order chi connectivity index (χ1) is 14.3. The van der Waals surface area contributed by atoms with Gasteiger partial charge in [-0.2, -0.15) is 13.2 Å². The first-order valence-corrected chi connectivity index (χ1v) is 11.0. The third kappa shape index (κ3) is 5.41.